The first-order valence-electron chi connectivity index (χ1n) is 8.77. The number of likely N-dealkylation sites (N-methyl/N-ethyl adjacent to an activating group) is 2. The molecule has 2 fully saturated rings. The average Bonchev–Trinajstić information content (AvgIpc) is 3.36. The average molecular weight is 295 g/mol. The SMILES string of the molecule is CCC1CCC(CN)(N(CC)CC(=O)N(C)C2CC2)CC1. The van der Waals surface area contributed by atoms with Crippen LogP contribution in [0.15, 0.2) is 0 Å². The van der Waals surface area contributed by atoms with Gasteiger partial charge in [-0.25, -0.2) is 0 Å². The molecule has 2 rings (SSSR count). The van der Waals surface area contributed by atoms with Crippen LogP contribution in [0.3, 0.4) is 0 Å². The van der Waals surface area contributed by atoms with E-state index < -0.39 is 0 Å². The number of hydrogen-bond donors (Lipinski definition) is 1. The first-order chi connectivity index (χ1) is 10.1. The molecule has 0 heterocycles. The van der Waals surface area contributed by atoms with E-state index in [0.29, 0.717) is 19.1 Å². The lowest BCUT2D eigenvalue weighted by molar-refractivity contribution is -0.133. The van der Waals surface area contributed by atoms with Crippen LogP contribution in [-0.4, -0.2) is 54.0 Å². The van der Waals surface area contributed by atoms with E-state index in [4.69, 9.17) is 5.73 Å². The van der Waals surface area contributed by atoms with Crippen LogP contribution >= 0.6 is 0 Å². The molecule has 4 nitrogen and oxygen atoms in total. The predicted octanol–water partition coefficient (Wildman–Crippen LogP) is 2.23. The van der Waals surface area contributed by atoms with Gasteiger partial charge >= 0.3 is 0 Å². The van der Waals surface area contributed by atoms with Crippen LogP contribution in [-0.2, 0) is 4.79 Å². The third-order valence-corrected chi connectivity index (χ3v) is 5.86. The fourth-order valence-electron chi connectivity index (χ4n) is 3.83. The monoisotopic (exact) mass is 295 g/mol. The van der Waals surface area contributed by atoms with Gasteiger partial charge in [0.2, 0.25) is 5.91 Å². The van der Waals surface area contributed by atoms with Crippen molar-refractivity contribution in [3.63, 3.8) is 0 Å². The second-order valence-corrected chi connectivity index (χ2v) is 7.03. The van der Waals surface area contributed by atoms with E-state index in [1.165, 1.54) is 32.1 Å². The highest BCUT2D eigenvalue weighted by molar-refractivity contribution is 5.78. The zero-order chi connectivity index (χ0) is 15.5. The van der Waals surface area contributed by atoms with Gasteiger partial charge in [0.25, 0.3) is 0 Å². The normalized spacial score (nSPS) is 29.7. The second kappa shape index (κ2) is 7.10. The highest BCUT2D eigenvalue weighted by Crippen LogP contribution is 2.37. The third-order valence-electron chi connectivity index (χ3n) is 5.86. The first kappa shape index (κ1) is 16.8. The Morgan fingerprint density at radius 1 is 1.19 bits per heavy atom. The Kier molecular flexibility index (Phi) is 5.67. The lowest BCUT2D eigenvalue weighted by atomic mass is 9.74. The summed E-state index contributed by atoms with van der Waals surface area (Å²) in [6.07, 6.45) is 8.44. The van der Waals surface area contributed by atoms with Gasteiger partial charge in [-0.1, -0.05) is 20.3 Å². The number of amides is 1. The maximum absolute atomic E-state index is 12.5. The standard InChI is InChI=1S/C17H33N3O/c1-4-14-8-10-17(13-18,11-9-14)20(5-2)12-16(21)19(3)15-6-7-15/h14-15H,4-13,18H2,1-3H3. The van der Waals surface area contributed by atoms with E-state index in [0.717, 1.165) is 25.3 Å². The molecule has 0 unspecified atom stereocenters. The van der Waals surface area contributed by atoms with Crippen molar-refractivity contribution in [2.45, 2.75) is 70.4 Å². The molecule has 122 valence electrons. The zero-order valence-electron chi connectivity index (χ0n) is 14.1. The van der Waals surface area contributed by atoms with Crippen LogP contribution in [0, 0.1) is 5.92 Å². The molecule has 0 radical (unpaired) electrons. The molecule has 21 heavy (non-hydrogen) atoms. The molecular weight excluding hydrogens is 262 g/mol. The number of carbonyl (C=O) groups is 1. The Morgan fingerprint density at radius 2 is 1.81 bits per heavy atom. The van der Waals surface area contributed by atoms with E-state index in [9.17, 15) is 4.79 Å². The van der Waals surface area contributed by atoms with Crippen molar-refractivity contribution >= 4 is 5.91 Å². The van der Waals surface area contributed by atoms with Gasteiger partial charge in [-0.3, -0.25) is 9.69 Å². The zero-order valence-corrected chi connectivity index (χ0v) is 14.1. The van der Waals surface area contributed by atoms with Gasteiger partial charge < -0.3 is 10.6 Å². The van der Waals surface area contributed by atoms with Crippen LogP contribution in [0.4, 0.5) is 0 Å². The summed E-state index contributed by atoms with van der Waals surface area (Å²) in [7, 11) is 1.96. The minimum atomic E-state index is 0.0560. The molecular formula is C17H33N3O. The van der Waals surface area contributed by atoms with Crippen LogP contribution in [0.1, 0.15) is 58.8 Å². The summed E-state index contributed by atoms with van der Waals surface area (Å²) in [6, 6.07) is 0.501. The summed E-state index contributed by atoms with van der Waals surface area (Å²) in [5.74, 6) is 1.12. The Bertz CT molecular complexity index is 346. The maximum Gasteiger partial charge on any atom is 0.236 e. The van der Waals surface area contributed by atoms with E-state index >= 15 is 0 Å². The van der Waals surface area contributed by atoms with E-state index in [2.05, 4.69) is 18.7 Å². The van der Waals surface area contributed by atoms with Crippen molar-refractivity contribution in [1.82, 2.24) is 9.80 Å². The van der Waals surface area contributed by atoms with E-state index in [-0.39, 0.29) is 11.4 Å². The summed E-state index contributed by atoms with van der Waals surface area (Å²) >= 11 is 0. The van der Waals surface area contributed by atoms with Gasteiger partial charge in [-0.05, 0) is 51.0 Å². The highest BCUT2D eigenvalue weighted by atomic mass is 16.2. The molecule has 2 N–H and O–H groups in total. The molecule has 2 saturated carbocycles. The van der Waals surface area contributed by atoms with Gasteiger partial charge in [0.15, 0.2) is 0 Å². The molecule has 0 spiro atoms. The van der Waals surface area contributed by atoms with Crippen molar-refractivity contribution < 1.29 is 4.79 Å². The highest BCUT2D eigenvalue weighted by Gasteiger charge is 2.40. The van der Waals surface area contributed by atoms with Crippen molar-refractivity contribution in [3.05, 3.63) is 0 Å². The van der Waals surface area contributed by atoms with Crippen molar-refractivity contribution in [1.29, 1.82) is 0 Å². The van der Waals surface area contributed by atoms with Crippen molar-refractivity contribution in [3.8, 4) is 0 Å². The van der Waals surface area contributed by atoms with Gasteiger partial charge in [-0.15, -0.1) is 0 Å². The molecule has 0 aromatic heterocycles. The molecule has 2 aliphatic carbocycles. The van der Waals surface area contributed by atoms with Gasteiger partial charge in [0, 0.05) is 25.2 Å². The maximum atomic E-state index is 12.5. The fraction of sp³-hybridized carbons (Fsp3) is 0.941. The Morgan fingerprint density at radius 3 is 2.24 bits per heavy atom. The van der Waals surface area contributed by atoms with Gasteiger partial charge in [0.05, 0.1) is 6.54 Å². The summed E-state index contributed by atoms with van der Waals surface area (Å²) in [6.45, 7) is 6.58. The molecule has 4 heteroatoms. The summed E-state index contributed by atoms with van der Waals surface area (Å²) in [4.78, 5) is 16.8. The molecule has 0 bridgehead atoms. The predicted molar refractivity (Wildman–Crippen MR) is 87.1 cm³/mol. The minimum absolute atomic E-state index is 0.0560. The van der Waals surface area contributed by atoms with E-state index in [1.807, 2.05) is 11.9 Å². The van der Waals surface area contributed by atoms with Gasteiger partial charge in [0.1, 0.15) is 0 Å². The van der Waals surface area contributed by atoms with Crippen molar-refractivity contribution in [2.75, 3.05) is 26.7 Å². The number of hydrogen-bond acceptors (Lipinski definition) is 3. The summed E-state index contributed by atoms with van der Waals surface area (Å²) in [5.41, 5.74) is 6.22. The van der Waals surface area contributed by atoms with Crippen LogP contribution in [0.25, 0.3) is 0 Å². The molecule has 0 aromatic carbocycles. The Labute approximate surface area is 130 Å². The third kappa shape index (κ3) is 3.78. The Hall–Kier alpha value is -0.610. The quantitative estimate of drug-likeness (QED) is 0.783. The number of rotatable bonds is 7. The molecule has 0 aliphatic heterocycles. The fourth-order valence-corrected chi connectivity index (χ4v) is 3.83. The second-order valence-electron chi connectivity index (χ2n) is 7.03. The molecule has 1 amide bonds. The van der Waals surface area contributed by atoms with E-state index in [1.54, 1.807) is 0 Å². The first-order valence-corrected chi connectivity index (χ1v) is 8.77. The molecule has 0 saturated heterocycles. The number of carbonyl (C=O) groups excluding carboxylic acids is 1. The van der Waals surface area contributed by atoms with Crippen LogP contribution in [0.2, 0.25) is 0 Å². The smallest absolute Gasteiger partial charge is 0.236 e. The lowest BCUT2D eigenvalue weighted by Gasteiger charge is -2.47. The minimum Gasteiger partial charge on any atom is -0.342 e. The summed E-state index contributed by atoms with van der Waals surface area (Å²) in [5, 5.41) is 0. The topological polar surface area (TPSA) is 49.6 Å². The largest absolute Gasteiger partial charge is 0.342 e. The molecule has 0 atom stereocenters. The lowest BCUT2D eigenvalue weighted by Crippen LogP contribution is -2.58. The van der Waals surface area contributed by atoms with Gasteiger partial charge in [-0.2, -0.15) is 0 Å². The van der Waals surface area contributed by atoms with Crippen LogP contribution < -0.4 is 5.73 Å². The van der Waals surface area contributed by atoms with Crippen molar-refractivity contribution in [2.24, 2.45) is 11.7 Å². The molecule has 2 aliphatic rings. The summed E-state index contributed by atoms with van der Waals surface area (Å²) < 4.78 is 0. The number of nitrogens with zero attached hydrogens (tertiary/aromatic N) is 2. The van der Waals surface area contributed by atoms with Crippen LogP contribution in [0.5, 0.6) is 0 Å². The molecule has 0 aromatic rings. The number of nitrogens with two attached hydrogens (primary N) is 1. The Balaban J connectivity index is 1.98.